The van der Waals surface area contributed by atoms with E-state index in [-0.39, 0.29) is 11.1 Å². The zero-order chi connectivity index (χ0) is 15.7. The highest BCUT2D eigenvalue weighted by Crippen LogP contribution is 2.33. The van der Waals surface area contributed by atoms with Crippen molar-refractivity contribution in [3.05, 3.63) is 77.4 Å². The minimum absolute atomic E-state index is 0.0155. The normalized spacial score (nSPS) is 10.5. The van der Waals surface area contributed by atoms with Crippen molar-refractivity contribution in [1.29, 1.82) is 0 Å². The van der Waals surface area contributed by atoms with Gasteiger partial charge in [-0.15, -0.1) is 0 Å². The van der Waals surface area contributed by atoms with Crippen LogP contribution in [0.4, 0.5) is 0 Å². The van der Waals surface area contributed by atoms with E-state index in [1.807, 2.05) is 0 Å². The Balaban J connectivity index is 2.34. The van der Waals surface area contributed by atoms with Crippen molar-refractivity contribution < 1.29 is 19.8 Å². The van der Waals surface area contributed by atoms with E-state index >= 15 is 0 Å². The Kier molecular flexibility index (Phi) is 3.35. The summed E-state index contributed by atoms with van der Waals surface area (Å²) >= 11 is 0. The Labute approximate surface area is 126 Å². The van der Waals surface area contributed by atoms with Gasteiger partial charge in [-0.2, -0.15) is 0 Å². The first-order valence-corrected chi connectivity index (χ1v) is 6.67. The van der Waals surface area contributed by atoms with Gasteiger partial charge in [-0.3, -0.25) is 4.79 Å². The van der Waals surface area contributed by atoms with Gasteiger partial charge < -0.3 is 10.2 Å². The lowest BCUT2D eigenvalue weighted by molar-refractivity contribution is 0.0694. The molecule has 3 aromatic rings. The molecule has 0 aliphatic heterocycles. The van der Waals surface area contributed by atoms with Crippen molar-refractivity contribution in [1.82, 2.24) is 0 Å². The molecule has 0 aliphatic rings. The number of rotatable bonds is 3. The van der Waals surface area contributed by atoms with Crippen molar-refractivity contribution in [2.24, 2.45) is 0 Å². The van der Waals surface area contributed by atoms with Crippen LogP contribution in [-0.4, -0.2) is 22.0 Å². The molecule has 108 valence electrons. The second kappa shape index (κ2) is 5.33. The SMILES string of the molecule is O=C(O)c1cc2ccccc2c(C(=O)c2ccccc2)c1O. The molecule has 0 atom stereocenters. The number of carbonyl (C=O) groups excluding carboxylic acids is 1. The monoisotopic (exact) mass is 292 g/mol. The fraction of sp³-hybridized carbons (Fsp3) is 0. The van der Waals surface area contributed by atoms with E-state index < -0.39 is 17.5 Å². The minimum Gasteiger partial charge on any atom is -0.506 e. The number of hydrogen-bond acceptors (Lipinski definition) is 3. The maximum absolute atomic E-state index is 12.7. The lowest BCUT2D eigenvalue weighted by atomic mass is 9.93. The molecule has 4 heteroatoms. The van der Waals surface area contributed by atoms with Gasteiger partial charge in [0.15, 0.2) is 5.78 Å². The zero-order valence-electron chi connectivity index (χ0n) is 11.5. The maximum atomic E-state index is 12.7. The Morgan fingerprint density at radius 1 is 0.864 bits per heavy atom. The molecule has 4 nitrogen and oxygen atoms in total. The molecule has 0 saturated carbocycles. The number of fused-ring (bicyclic) bond motifs is 1. The van der Waals surface area contributed by atoms with Crippen molar-refractivity contribution >= 4 is 22.5 Å². The summed E-state index contributed by atoms with van der Waals surface area (Å²) in [7, 11) is 0. The van der Waals surface area contributed by atoms with Gasteiger partial charge >= 0.3 is 5.97 Å². The quantitative estimate of drug-likeness (QED) is 0.725. The van der Waals surface area contributed by atoms with E-state index in [1.165, 1.54) is 6.07 Å². The molecule has 2 N–H and O–H groups in total. The highest BCUT2D eigenvalue weighted by atomic mass is 16.4. The van der Waals surface area contributed by atoms with Crippen LogP contribution in [0.5, 0.6) is 5.75 Å². The van der Waals surface area contributed by atoms with Crippen molar-refractivity contribution in [3.8, 4) is 5.75 Å². The molecular weight excluding hydrogens is 280 g/mol. The number of ketones is 1. The highest BCUT2D eigenvalue weighted by molar-refractivity contribution is 6.20. The second-order valence-corrected chi connectivity index (χ2v) is 4.87. The van der Waals surface area contributed by atoms with Crippen molar-refractivity contribution in [3.63, 3.8) is 0 Å². The Morgan fingerprint density at radius 3 is 2.18 bits per heavy atom. The van der Waals surface area contributed by atoms with Crippen LogP contribution in [0, 0.1) is 0 Å². The Hall–Kier alpha value is -3.14. The molecule has 0 unspecified atom stereocenters. The molecule has 0 bridgehead atoms. The van der Waals surface area contributed by atoms with Gasteiger partial charge in [0, 0.05) is 5.56 Å². The summed E-state index contributed by atoms with van der Waals surface area (Å²) in [5, 5.41) is 20.6. The van der Waals surface area contributed by atoms with E-state index in [4.69, 9.17) is 0 Å². The predicted octanol–water partition coefficient (Wildman–Crippen LogP) is 3.47. The van der Waals surface area contributed by atoms with Crippen LogP contribution in [0.3, 0.4) is 0 Å². The summed E-state index contributed by atoms with van der Waals surface area (Å²) in [5.41, 5.74) is 0.130. The third-order valence-electron chi connectivity index (χ3n) is 3.52. The standard InChI is InChI=1S/C18H12O4/c19-16(11-6-2-1-3-7-11)15-13-9-5-4-8-12(13)10-14(17(15)20)18(21)22/h1-10,20H,(H,21,22). The van der Waals surface area contributed by atoms with Crippen LogP contribution in [0.15, 0.2) is 60.7 Å². The average Bonchev–Trinajstić information content (AvgIpc) is 2.54. The van der Waals surface area contributed by atoms with E-state index in [0.29, 0.717) is 16.3 Å². The lowest BCUT2D eigenvalue weighted by Gasteiger charge is -2.11. The van der Waals surface area contributed by atoms with Gasteiger partial charge in [0.05, 0.1) is 5.56 Å². The first kappa shape index (κ1) is 13.8. The summed E-state index contributed by atoms with van der Waals surface area (Å²) in [6.45, 7) is 0. The van der Waals surface area contributed by atoms with Crippen LogP contribution < -0.4 is 0 Å². The molecule has 3 aromatic carbocycles. The van der Waals surface area contributed by atoms with Crippen molar-refractivity contribution in [2.45, 2.75) is 0 Å². The summed E-state index contributed by atoms with van der Waals surface area (Å²) in [5.74, 6) is -2.18. The Morgan fingerprint density at radius 2 is 1.50 bits per heavy atom. The van der Waals surface area contributed by atoms with Crippen LogP contribution in [0.2, 0.25) is 0 Å². The molecule has 0 amide bonds. The van der Waals surface area contributed by atoms with Gasteiger partial charge in [-0.1, -0.05) is 54.6 Å². The fourth-order valence-corrected chi connectivity index (χ4v) is 2.46. The van der Waals surface area contributed by atoms with E-state index in [9.17, 15) is 19.8 Å². The number of aromatic carboxylic acids is 1. The molecule has 22 heavy (non-hydrogen) atoms. The van der Waals surface area contributed by atoms with Gasteiger partial charge in [0.1, 0.15) is 11.3 Å². The third-order valence-corrected chi connectivity index (χ3v) is 3.52. The van der Waals surface area contributed by atoms with Crippen molar-refractivity contribution in [2.75, 3.05) is 0 Å². The van der Waals surface area contributed by atoms with Crippen LogP contribution in [0.25, 0.3) is 10.8 Å². The number of phenols is 1. The summed E-state index contributed by atoms with van der Waals surface area (Å²) in [6, 6.07) is 16.7. The van der Waals surface area contributed by atoms with Gasteiger partial charge in [-0.25, -0.2) is 4.79 Å². The summed E-state index contributed by atoms with van der Waals surface area (Å²) in [6.07, 6.45) is 0. The first-order chi connectivity index (χ1) is 10.6. The Bertz CT molecular complexity index is 882. The number of carboxylic acid groups (broad SMARTS) is 1. The smallest absolute Gasteiger partial charge is 0.339 e. The summed E-state index contributed by atoms with van der Waals surface area (Å²) < 4.78 is 0. The van der Waals surface area contributed by atoms with E-state index in [0.717, 1.165) is 0 Å². The van der Waals surface area contributed by atoms with Crippen LogP contribution in [-0.2, 0) is 0 Å². The predicted molar refractivity (Wildman–Crippen MR) is 82.4 cm³/mol. The average molecular weight is 292 g/mol. The topological polar surface area (TPSA) is 74.6 Å². The number of carbonyl (C=O) groups is 2. The van der Waals surface area contributed by atoms with Gasteiger partial charge in [0.25, 0.3) is 0 Å². The molecule has 0 aromatic heterocycles. The fourth-order valence-electron chi connectivity index (χ4n) is 2.46. The molecule has 0 fully saturated rings. The van der Waals surface area contributed by atoms with Crippen LogP contribution in [0.1, 0.15) is 26.3 Å². The van der Waals surface area contributed by atoms with E-state index in [1.54, 1.807) is 54.6 Å². The lowest BCUT2D eigenvalue weighted by Crippen LogP contribution is -2.07. The second-order valence-electron chi connectivity index (χ2n) is 4.87. The molecule has 0 spiro atoms. The van der Waals surface area contributed by atoms with Crippen LogP contribution >= 0.6 is 0 Å². The summed E-state index contributed by atoms with van der Waals surface area (Å²) in [4.78, 5) is 24.0. The number of benzene rings is 3. The molecule has 0 radical (unpaired) electrons. The number of carboxylic acids is 1. The molecule has 0 heterocycles. The molecular formula is C18H12O4. The molecule has 0 aliphatic carbocycles. The third kappa shape index (κ3) is 2.20. The largest absolute Gasteiger partial charge is 0.506 e. The van der Waals surface area contributed by atoms with Gasteiger partial charge in [-0.05, 0) is 16.8 Å². The molecule has 3 rings (SSSR count). The zero-order valence-corrected chi connectivity index (χ0v) is 11.5. The number of aromatic hydroxyl groups is 1. The minimum atomic E-state index is -1.27. The number of hydrogen-bond donors (Lipinski definition) is 2. The van der Waals surface area contributed by atoms with E-state index in [2.05, 4.69) is 0 Å². The first-order valence-electron chi connectivity index (χ1n) is 6.67. The highest BCUT2D eigenvalue weighted by Gasteiger charge is 2.22. The van der Waals surface area contributed by atoms with Gasteiger partial charge in [0.2, 0.25) is 0 Å². The molecule has 0 saturated heterocycles. The maximum Gasteiger partial charge on any atom is 0.339 e.